The maximum Gasteiger partial charge on any atom is 0.129 e. The number of halogens is 4. The van der Waals surface area contributed by atoms with Crippen molar-refractivity contribution in [1.82, 2.24) is 0 Å². The molecule has 0 unspecified atom stereocenters. The maximum atomic E-state index is 13.6. The molecule has 0 saturated heterocycles. The van der Waals surface area contributed by atoms with E-state index in [1.807, 2.05) is 12.1 Å². The Bertz CT molecular complexity index is 555. The average molecular weight is 349 g/mol. The number of hydrogen-bond acceptors (Lipinski definition) is 1. The van der Waals surface area contributed by atoms with E-state index < -0.39 is 0 Å². The Labute approximate surface area is 123 Å². The molecule has 2 rings (SSSR count). The quantitative estimate of drug-likeness (QED) is 0.771. The van der Waals surface area contributed by atoms with Gasteiger partial charge >= 0.3 is 0 Å². The molecule has 0 bridgehead atoms. The summed E-state index contributed by atoms with van der Waals surface area (Å²) in [6.45, 7) is 0.285. The monoisotopic (exact) mass is 347 g/mol. The van der Waals surface area contributed by atoms with Crippen molar-refractivity contribution in [1.29, 1.82) is 0 Å². The topological polar surface area (TPSA) is 12.0 Å². The minimum atomic E-state index is -0.330. The van der Waals surface area contributed by atoms with E-state index in [4.69, 9.17) is 23.2 Å². The minimum absolute atomic E-state index is 0.285. The van der Waals surface area contributed by atoms with Crippen molar-refractivity contribution in [3.8, 4) is 0 Å². The van der Waals surface area contributed by atoms with Gasteiger partial charge in [-0.25, -0.2) is 4.39 Å². The van der Waals surface area contributed by atoms with Gasteiger partial charge in [-0.1, -0.05) is 45.2 Å². The summed E-state index contributed by atoms with van der Waals surface area (Å²) in [5.41, 5.74) is 1.16. The van der Waals surface area contributed by atoms with Gasteiger partial charge in [-0.05, 0) is 30.3 Å². The van der Waals surface area contributed by atoms with E-state index in [1.165, 1.54) is 6.07 Å². The minimum Gasteiger partial charge on any atom is -0.380 e. The highest BCUT2D eigenvalue weighted by molar-refractivity contribution is 9.10. The van der Waals surface area contributed by atoms with Crippen LogP contribution in [0.2, 0.25) is 10.0 Å². The fourth-order valence-electron chi connectivity index (χ4n) is 1.52. The van der Waals surface area contributed by atoms with Crippen LogP contribution in [-0.2, 0) is 6.54 Å². The normalized spacial score (nSPS) is 10.4. The summed E-state index contributed by atoms with van der Waals surface area (Å²) >= 11 is 15.3. The molecule has 0 aliphatic carbocycles. The molecule has 18 heavy (non-hydrogen) atoms. The summed E-state index contributed by atoms with van der Waals surface area (Å²) in [6.07, 6.45) is 0. The Kier molecular flexibility index (Phi) is 4.49. The average Bonchev–Trinajstić information content (AvgIpc) is 2.31. The molecule has 0 radical (unpaired) electrons. The molecule has 5 heteroatoms. The third-order valence-electron chi connectivity index (χ3n) is 2.45. The highest BCUT2D eigenvalue weighted by Crippen LogP contribution is 2.27. The summed E-state index contributed by atoms with van der Waals surface area (Å²) in [6, 6.07) is 10.1. The first-order chi connectivity index (χ1) is 8.58. The van der Waals surface area contributed by atoms with Crippen molar-refractivity contribution in [3.63, 3.8) is 0 Å². The van der Waals surface area contributed by atoms with Crippen LogP contribution in [0.1, 0.15) is 5.56 Å². The molecular weight excluding hydrogens is 340 g/mol. The number of hydrogen-bond donors (Lipinski definition) is 1. The molecule has 2 aromatic rings. The van der Waals surface area contributed by atoms with Crippen molar-refractivity contribution in [2.75, 3.05) is 5.32 Å². The first-order valence-electron chi connectivity index (χ1n) is 5.20. The maximum absolute atomic E-state index is 13.6. The molecule has 0 saturated carbocycles. The van der Waals surface area contributed by atoms with Crippen LogP contribution in [0.25, 0.3) is 0 Å². The van der Waals surface area contributed by atoms with Gasteiger partial charge in [-0.3, -0.25) is 0 Å². The first kappa shape index (κ1) is 13.7. The molecule has 0 fully saturated rings. The second-order valence-corrected chi connectivity index (χ2v) is 5.41. The smallest absolute Gasteiger partial charge is 0.129 e. The molecule has 1 nitrogen and oxygen atoms in total. The van der Waals surface area contributed by atoms with E-state index in [-0.39, 0.29) is 12.4 Å². The number of anilines is 1. The lowest BCUT2D eigenvalue weighted by molar-refractivity contribution is 0.613. The highest BCUT2D eigenvalue weighted by atomic mass is 79.9. The second-order valence-electron chi connectivity index (χ2n) is 3.68. The first-order valence-corrected chi connectivity index (χ1v) is 6.74. The van der Waals surface area contributed by atoms with E-state index in [9.17, 15) is 4.39 Å². The third-order valence-corrected chi connectivity index (χ3v) is 3.61. The van der Waals surface area contributed by atoms with Gasteiger partial charge in [0.15, 0.2) is 0 Å². The number of nitrogens with one attached hydrogen (secondary N) is 1. The molecule has 1 N–H and O–H groups in total. The van der Waals surface area contributed by atoms with Crippen LogP contribution >= 0.6 is 39.1 Å². The van der Waals surface area contributed by atoms with Crippen molar-refractivity contribution >= 4 is 44.8 Å². The second kappa shape index (κ2) is 5.91. The fourth-order valence-corrected chi connectivity index (χ4v) is 2.49. The summed E-state index contributed by atoms with van der Waals surface area (Å²) < 4.78 is 14.4. The standard InChI is InChI=1S/C13H9BrCl2FN/c14-8-4-5-13(11(16)6-8)18-7-9-10(15)2-1-3-12(9)17/h1-6,18H,7H2. The Morgan fingerprint density at radius 1 is 1.11 bits per heavy atom. The number of benzene rings is 2. The molecule has 0 heterocycles. The van der Waals surface area contributed by atoms with Gasteiger partial charge in [0, 0.05) is 21.6 Å². The molecule has 0 spiro atoms. The van der Waals surface area contributed by atoms with E-state index in [0.29, 0.717) is 15.6 Å². The lowest BCUT2D eigenvalue weighted by Crippen LogP contribution is -2.03. The zero-order valence-electron chi connectivity index (χ0n) is 9.18. The van der Waals surface area contributed by atoms with Crippen molar-refractivity contribution in [2.45, 2.75) is 6.54 Å². The van der Waals surface area contributed by atoms with Gasteiger partial charge < -0.3 is 5.32 Å². The van der Waals surface area contributed by atoms with E-state index in [2.05, 4.69) is 21.2 Å². The lowest BCUT2D eigenvalue weighted by atomic mass is 10.2. The summed E-state index contributed by atoms with van der Waals surface area (Å²) in [7, 11) is 0. The Balaban J connectivity index is 2.16. The summed E-state index contributed by atoms with van der Waals surface area (Å²) in [5.74, 6) is -0.330. The van der Waals surface area contributed by atoms with Gasteiger partial charge in [0.25, 0.3) is 0 Å². The van der Waals surface area contributed by atoms with Crippen LogP contribution in [0, 0.1) is 5.82 Å². The molecule has 94 valence electrons. The summed E-state index contributed by atoms with van der Waals surface area (Å²) in [5, 5.41) is 4.03. The van der Waals surface area contributed by atoms with Crippen molar-refractivity contribution in [2.24, 2.45) is 0 Å². The molecule has 0 aliphatic rings. The largest absolute Gasteiger partial charge is 0.380 e. The predicted octanol–water partition coefficient (Wildman–Crippen LogP) is 5.51. The number of rotatable bonds is 3. The Morgan fingerprint density at radius 2 is 1.89 bits per heavy atom. The predicted molar refractivity (Wildman–Crippen MR) is 77.9 cm³/mol. The third kappa shape index (κ3) is 3.16. The van der Waals surface area contributed by atoms with Crippen LogP contribution in [0.5, 0.6) is 0 Å². The molecule has 0 amide bonds. The fraction of sp³-hybridized carbons (Fsp3) is 0.0769. The zero-order valence-corrected chi connectivity index (χ0v) is 12.3. The van der Waals surface area contributed by atoms with Gasteiger partial charge in [-0.15, -0.1) is 0 Å². The highest BCUT2D eigenvalue weighted by Gasteiger charge is 2.07. The molecule has 0 atom stereocenters. The van der Waals surface area contributed by atoms with Gasteiger partial charge in [0.05, 0.1) is 10.7 Å². The van der Waals surface area contributed by atoms with Crippen molar-refractivity contribution < 1.29 is 4.39 Å². The van der Waals surface area contributed by atoms with E-state index >= 15 is 0 Å². The molecular formula is C13H9BrCl2FN. The summed E-state index contributed by atoms with van der Waals surface area (Å²) in [4.78, 5) is 0. The van der Waals surface area contributed by atoms with E-state index in [1.54, 1.807) is 18.2 Å². The molecule has 0 aromatic heterocycles. The Hall–Kier alpha value is -0.770. The van der Waals surface area contributed by atoms with Gasteiger partial charge in [0.2, 0.25) is 0 Å². The van der Waals surface area contributed by atoms with Crippen LogP contribution in [0.15, 0.2) is 40.9 Å². The lowest BCUT2D eigenvalue weighted by Gasteiger charge is -2.10. The molecule has 2 aromatic carbocycles. The van der Waals surface area contributed by atoms with Crippen LogP contribution < -0.4 is 5.32 Å². The van der Waals surface area contributed by atoms with Crippen LogP contribution in [-0.4, -0.2) is 0 Å². The van der Waals surface area contributed by atoms with Crippen LogP contribution in [0.3, 0.4) is 0 Å². The van der Waals surface area contributed by atoms with Gasteiger partial charge in [-0.2, -0.15) is 0 Å². The van der Waals surface area contributed by atoms with Gasteiger partial charge in [0.1, 0.15) is 5.82 Å². The van der Waals surface area contributed by atoms with Crippen molar-refractivity contribution in [3.05, 3.63) is 62.3 Å². The van der Waals surface area contributed by atoms with E-state index in [0.717, 1.165) is 10.2 Å². The Morgan fingerprint density at radius 3 is 2.56 bits per heavy atom. The zero-order chi connectivity index (χ0) is 13.1. The SMILES string of the molecule is Fc1cccc(Cl)c1CNc1ccc(Br)cc1Cl. The molecule has 0 aliphatic heterocycles. The van der Waals surface area contributed by atoms with Crippen LogP contribution in [0.4, 0.5) is 10.1 Å².